The predicted molar refractivity (Wildman–Crippen MR) is 86.0 cm³/mol. The van der Waals surface area contributed by atoms with Gasteiger partial charge in [0.05, 0.1) is 13.2 Å². The third-order valence-electron chi connectivity index (χ3n) is 3.63. The Bertz CT molecular complexity index is 772. The zero-order valence-corrected chi connectivity index (χ0v) is 14.9. The molecule has 0 fully saturated rings. The van der Waals surface area contributed by atoms with Gasteiger partial charge in [0, 0.05) is 5.56 Å². The Balaban J connectivity index is 2.91. The molecule has 0 saturated carbocycles. The van der Waals surface area contributed by atoms with E-state index in [9.17, 15) is 41.4 Å². The molecular weight excluding hydrogens is 395 g/mol. The number of carbonyl (C=O) groups excluding carboxylic acids is 2. The molecule has 1 aromatic rings. The lowest BCUT2D eigenvalue weighted by Gasteiger charge is -2.26. The number of esters is 1. The van der Waals surface area contributed by atoms with Crippen molar-refractivity contribution in [1.82, 2.24) is 4.72 Å². The smallest absolute Gasteiger partial charge is 0.426 e. The van der Waals surface area contributed by atoms with Gasteiger partial charge in [-0.05, 0) is 30.7 Å². The lowest BCUT2D eigenvalue weighted by atomic mass is 9.85. The number of sulfonamides is 1. The van der Waals surface area contributed by atoms with Gasteiger partial charge >= 0.3 is 21.5 Å². The maximum atomic E-state index is 12.3. The van der Waals surface area contributed by atoms with Crippen LogP contribution in [0.4, 0.5) is 13.2 Å². The van der Waals surface area contributed by atoms with Gasteiger partial charge in [-0.2, -0.15) is 21.6 Å². The summed E-state index contributed by atoms with van der Waals surface area (Å²) in [5, 5.41) is 18.8. The second kappa shape index (κ2) is 8.67. The van der Waals surface area contributed by atoms with Gasteiger partial charge in [0.2, 0.25) is 0 Å². The van der Waals surface area contributed by atoms with Crippen LogP contribution in [0.2, 0.25) is 0 Å². The molecule has 0 aliphatic heterocycles. The van der Waals surface area contributed by atoms with Crippen molar-refractivity contribution in [2.45, 2.75) is 25.3 Å². The Morgan fingerprint density at radius 3 is 2.04 bits per heavy atom. The van der Waals surface area contributed by atoms with Gasteiger partial charge in [-0.15, -0.1) is 0 Å². The van der Waals surface area contributed by atoms with Crippen molar-refractivity contribution in [1.29, 1.82) is 0 Å². The Morgan fingerprint density at radius 2 is 1.63 bits per heavy atom. The molecule has 1 aromatic carbocycles. The van der Waals surface area contributed by atoms with Crippen molar-refractivity contribution in [2.24, 2.45) is 5.41 Å². The number of hydrogen-bond acceptors (Lipinski definition) is 7. The number of hydrogen-bond donors (Lipinski definition) is 3. The molecule has 0 aliphatic rings. The van der Waals surface area contributed by atoms with Crippen LogP contribution in [0.15, 0.2) is 24.3 Å². The van der Waals surface area contributed by atoms with Gasteiger partial charge in [0.1, 0.15) is 11.2 Å². The largest absolute Gasteiger partial charge is 0.516 e. The van der Waals surface area contributed by atoms with Crippen LogP contribution in [-0.2, 0) is 14.8 Å². The number of benzene rings is 1. The standard InChI is InChI=1S/C15H18F3NO7S/c1-2-7-14(8-20,9-21)13(23)26-11-5-3-10(4-6-11)12(22)19-27(24,25)15(16,17)18/h3-6,20-21H,2,7-9H2,1H3,(H,19,22). The quantitative estimate of drug-likeness (QED) is 0.427. The molecule has 12 heteroatoms. The molecule has 0 atom stereocenters. The fourth-order valence-electron chi connectivity index (χ4n) is 2.05. The van der Waals surface area contributed by atoms with Gasteiger partial charge < -0.3 is 14.9 Å². The minimum absolute atomic E-state index is 0.113. The Hall–Kier alpha value is -2.18. The van der Waals surface area contributed by atoms with Crippen molar-refractivity contribution < 1.29 is 46.1 Å². The van der Waals surface area contributed by atoms with E-state index in [-0.39, 0.29) is 12.2 Å². The molecule has 0 aliphatic carbocycles. The molecule has 0 saturated heterocycles. The fourth-order valence-corrected chi connectivity index (χ4v) is 2.52. The van der Waals surface area contributed by atoms with Gasteiger partial charge in [-0.1, -0.05) is 13.3 Å². The van der Waals surface area contributed by atoms with Crippen LogP contribution in [0.25, 0.3) is 0 Å². The zero-order valence-electron chi connectivity index (χ0n) is 14.1. The molecule has 152 valence electrons. The maximum absolute atomic E-state index is 12.3. The first-order chi connectivity index (χ1) is 12.4. The summed E-state index contributed by atoms with van der Waals surface area (Å²) < 4.78 is 64.5. The summed E-state index contributed by atoms with van der Waals surface area (Å²) in [5.41, 5.74) is -7.59. The summed E-state index contributed by atoms with van der Waals surface area (Å²) in [6.45, 7) is 0.410. The monoisotopic (exact) mass is 413 g/mol. The number of aliphatic hydroxyl groups is 2. The summed E-state index contributed by atoms with van der Waals surface area (Å²) in [4.78, 5) is 23.8. The molecule has 0 spiro atoms. The number of aliphatic hydroxyl groups excluding tert-OH is 2. The summed E-state index contributed by atoms with van der Waals surface area (Å²) in [6, 6.07) is 4.00. The van der Waals surface area contributed by atoms with E-state index in [0.717, 1.165) is 29.0 Å². The first kappa shape index (κ1) is 22.9. The van der Waals surface area contributed by atoms with Crippen LogP contribution in [-0.4, -0.2) is 49.2 Å². The number of rotatable bonds is 8. The van der Waals surface area contributed by atoms with E-state index in [0.29, 0.717) is 6.42 Å². The van der Waals surface area contributed by atoms with Crippen LogP contribution >= 0.6 is 0 Å². The lowest BCUT2D eigenvalue weighted by Crippen LogP contribution is -2.41. The number of carbonyl (C=O) groups is 2. The summed E-state index contributed by atoms with van der Waals surface area (Å²) in [7, 11) is -5.85. The highest BCUT2D eigenvalue weighted by Crippen LogP contribution is 2.26. The van der Waals surface area contributed by atoms with Gasteiger partial charge in [-0.25, -0.2) is 4.72 Å². The molecule has 0 unspecified atom stereocenters. The van der Waals surface area contributed by atoms with E-state index in [4.69, 9.17) is 4.74 Å². The van der Waals surface area contributed by atoms with E-state index in [1.165, 1.54) is 0 Å². The molecular formula is C15H18F3NO7S. The van der Waals surface area contributed by atoms with Crippen LogP contribution in [0.5, 0.6) is 5.75 Å². The van der Waals surface area contributed by atoms with Crippen LogP contribution < -0.4 is 9.46 Å². The average molecular weight is 413 g/mol. The van der Waals surface area contributed by atoms with Crippen molar-refractivity contribution in [3.05, 3.63) is 29.8 Å². The van der Waals surface area contributed by atoms with Crippen LogP contribution in [0.3, 0.4) is 0 Å². The topological polar surface area (TPSA) is 130 Å². The van der Waals surface area contributed by atoms with Crippen LogP contribution in [0.1, 0.15) is 30.1 Å². The minimum Gasteiger partial charge on any atom is -0.426 e. The van der Waals surface area contributed by atoms with Crippen molar-refractivity contribution in [2.75, 3.05) is 13.2 Å². The molecule has 0 bridgehead atoms. The average Bonchev–Trinajstić information content (AvgIpc) is 2.58. The highest BCUT2D eigenvalue weighted by molar-refractivity contribution is 7.90. The third kappa shape index (κ3) is 5.40. The van der Waals surface area contributed by atoms with Crippen molar-refractivity contribution in [3.8, 4) is 5.75 Å². The van der Waals surface area contributed by atoms with Crippen molar-refractivity contribution >= 4 is 21.9 Å². The number of nitrogens with one attached hydrogen (secondary N) is 1. The van der Waals surface area contributed by atoms with E-state index >= 15 is 0 Å². The third-order valence-corrected chi connectivity index (χ3v) is 4.69. The molecule has 1 rings (SSSR count). The molecule has 0 heterocycles. The van der Waals surface area contributed by atoms with E-state index in [2.05, 4.69) is 0 Å². The van der Waals surface area contributed by atoms with Gasteiger partial charge in [0.15, 0.2) is 0 Å². The Morgan fingerprint density at radius 1 is 1.11 bits per heavy atom. The second-order valence-corrected chi connectivity index (χ2v) is 7.31. The minimum atomic E-state index is -5.85. The van der Waals surface area contributed by atoms with E-state index in [1.807, 2.05) is 0 Å². The van der Waals surface area contributed by atoms with Gasteiger partial charge in [0.25, 0.3) is 5.91 Å². The number of halogens is 3. The predicted octanol–water partition coefficient (Wildman–Crippen LogP) is 0.943. The zero-order chi connectivity index (χ0) is 20.9. The van der Waals surface area contributed by atoms with Crippen molar-refractivity contribution in [3.63, 3.8) is 0 Å². The van der Waals surface area contributed by atoms with E-state index in [1.54, 1.807) is 6.92 Å². The fraction of sp³-hybridized carbons (Fsp3) is 0.467. The lowest BCUT2D eigenvalue weighted by molar-refractivity contribution is -0.152. The van der Waals surface area contributed by atoms with E-state index < -0.39 is 51.6 Å². The maximum Gasteiger partial charge on any atom is 0.516 e. The highest BCUT2D eigenvalue weighted by Gasteiger charge is 2.47. The molecule has 1 amide bonds. The molecule has 8 nitrogen and oxygen atoms in total. The Labute approximate surface area is 153 Å². The second-order valence-electron chi connectivity index (χ2n) is 5.64. The summed E-state index contributed by atoms with van der Waals surface area (Å²) in [6.07, 6.45) is 0.623. The summed E-state index contributed by atoms with van der Waals surface area (Å²) in [5.74, 6) is -2.56. The molecule has 0 aromatic heterocycles. The first-order valence-corrected chi connectivity index (χ1v) is 9.08. The molecule has 27 heavy (non-hydrogen) atoms. The number of amides is 1. The first-order valence-electron chi connectivity index (χ1n) is 7.60. The highest BCUT2D eigenvalue weighted by atomic mass is 32.2. The van der Waals surface area contributed by atoms with Crippen LogP contribution in [0, 0.1) is 5.41 Å². The normalized spacial score (nSPS) is 12.5. The number of ether oxygens (including phenoxy) is 1. The molecule has 0 radical (unpaired) electrons. The summed E-state index contributed by atoms with van der Waals surface area (Å²) >= 11 is 0. The molecule has 3 N–H and O–H groups in total. The SMILES string of the molecule is CCCC(CO)(CO)C(=O)Oc1ccc(C(=O)NS(=O)(=O)C(F)(F)F)cc1. The van der Waals surface area contributed by atoms with Gasteiger partial charge in [-0.3, -0.25) is 9.59 Å². The number of alkyl halides is 3. The Kier molecular flexibility index (Phi) is 7.34.